The molecule has 1 aliphatic heterocycles. The lowest BCUT2D eigenvalue weighted by Gasteiger charge is -2.14. The van der Waals surface area contributed by atoms with Crippen LogP contribution in [0.15, 0.2) is 24.3 Å². The van der Waals surface area contributed by atoms with E-state index in [-0.39, 0.29) is 24.0 Å². The summed E-state index contributed by atoms with van der Waals surface area (Å²) in [6.07, 6.45) is -0.0377. The molecule has 1 aromatic carbocycles. The fourth-order valence-electron chi connectivity index (χ4n) is 1.96. The first-order valence-electron chi connectivity index (χ1n) is 5.63. The van der Waals surface area contributed by atoms with Gasteiger partial charge >= 0.3 is 5.97 Å². The average Bonchev–Trinajstić information content (AvgIpc) is 2.60. The lowest BCUT2D eigenvalue weighted by molar-refractivity contribution is -0.136. The Morgan fingerprint density at radius 3 is 2.72 bits per heavy atom. The molecule has 1 aliphatic rings. The van der Waals surface area contributed by atoms with Gasteiger partial charge in [-0.05, 0) is 12.5 Å². The molecule has 1 fully saturated rings. The van der Waals surface area contributed by atoms with Crippen LogP contribution in [0, 0.1) is 0 Å². The molecule has 1 saturated heterocycles. The van der Waals surface area contributed by atoms with Crippen LogP contribution >= 0.6 is 0 Å². The second-order valence-electron chi connectivity index (χ2n) is 4.32. The predicted octanol–water partition coefficient (Wildman–Crippen LogP) is 0.880. The fraction of sp³-hybridized carbons (Fsp3) is 0.417. The van der Waals surface area contributed by atoms with Gasteiger partial charge < -0.3 is 9.84 Å². The topological polar surface area (TPSA) is 80.7 Å². The van der Waals surface area contributed by atoms with E-state index >= 15 is 0 Å². The lowest BCUT2D eigenvalue weighted by Crippen LogP contribution is -2.18. The van der Waals surface area contributed by atoms with Crippen molar-refractivity contribution in [3.8, 4) is 5.75 Å². The molecule has 98 valence electrons. The quantitative estimate of drug-likeness (QED) is 0.878. The largest absolute Gasteiger partial charge is 0.489 e. The second-order valence-corrected chi connectivity index (χ2v) is 6.55. The minimum atomic E-state index is -2.99. The second kappa shape index (κ2) is 4.97. The van der Waals surface area contributed by atoms with Gasteiger partial charge in [0.15, 0.2) is 9.84 Å². The summed E-state index contributed by atoms with van der Waals surface area (Å²) < 4.78 is 28.2. The van der Waals surface area contributed by atoms with E-state index in [0.717, 1.165) is 0 Å². The lowest BCUT2D eigenvalue weighted by atomic mass is 10.1. The first-order valence-corrected chi connectivity index (χ1v) is 7.45. The van der Waals surface area contributed by atoms with Crippen LogP contribution in [0.4, 0.5) is 0 Å². The number of hydrogen-bond donors (Lipinski definition) is 1. The van der Waals surface area contributed by atoms with E-state index < -0.39 is 15.8 Å². The van der Waals surface area contributed by atoms with Crippen LogP contribution in [0.2, 0.25) is 0 Å². The van der Waals surface area contributed by atoms with Crippen LogP contribution < -0.4 is 4.74 Å². The van der Waals surface area contributed by atoms with Crippen molar-refractivity contribution >= 4 is 15.8 Å². The summed E-state index contributed by atoms with van der Waals surface area (Å²) in [7, 11) is -2.99. The summed E-state index contributed by atoms with van der Waals surface area (Å²) in [5.74, 6) is -0.334. The highest BCUT2D eigenvalue weighted by Gasteiger charge is 2.29. The molecule has 0 amide bonds. The zero-order valence-corrected chi connectivity index (χ0v) is 10.5. The van der Waals surface area contributed by atoms with Crippen molar-refractivity contribution in [2.45, 2.75) is 18.9 Å². The number of carboxylic acids is 1. The maximum Gasteiger partial charge on any atom is 0.307 e. The molecule has 0 spiro atoms. The Morgan fingerprint density at radius 1 is 1.39 bits per heavy atom. The van der Waals surface area contributed by atoms with Gasteiger partial charge in [0.25, 0.3) is 0 Å². The summed E-state index contributed by atoms with van der Waals surface area (Å²) >= 11 is 0. The third-order valence-electron chi connectivity index (χ3n) is 2.80. The van der Waals surface area contributed by atoms with E-state index in [1.807, 2.05) is 0 Å². The van der Waals surface area contributed by atoms with Crippen molar-refractivity contribution in [3.63, 3.8) is 0 Å². The van der Waals surface area contributed by atoms with Crippen molar-refractivity contribution in [1.82, 2.24) is 0 Å². The SMILES string of the molecule is O=C(O)Cc1ccccc1OC1CCS(=O)(=O)C1. The first-order chi connectivity index (χ1) is 8.46. The number of ether oxygens (including phenoxy) is 1. The van der Waals surface area contributed by atoms with E-state index in [0.29, 0.717) is 17.7 Å². The van der Waals surface area contributed by atoms with Gasteiger partial charge in [-0.1, -0.05) is 18.2 Å². The number of carbonyl (C=O) groups is 1. The molecule has 0 aromatic heterocycles. The molecule has 2 rings (SSSR count). The number of para-hydroxylation sites is 1. The molecule has 0 aliphatic carbocycles. The molecule has 0 radical (unpaired) electrons. The van der Waals surface area contributed by atoms with E-state index in [2.05, 4.69) is 0 Å². The Hall–Kier alpha value is -1.56. The monoisotopic (exact) mass is 270 g/mol. The van der Waals surface area contributed by atoms with Crippen molar-refractivity contribution < 1.29 is 23.1 Å². The highest BCUT2D eigenvalue weighted by atomic mass is 32.2. The smallest absolute Gasteiger partial charge is 0.307 e. The summed E-state index contributed by atoms with van der Waals surface area (Å²) in [5, 5.41) is 8.78. The number of rotatable bonds is 4. The maximum absolute atomic E-state index is 11.3. The van der Waals surface area contributed by atoms with E-state index in [1.54, 1.807) is 24.3 Å². The van der Waals surface area contributed by atoms with Crippen molar-refractivity contribution in [3.05, 3.63) is 29.8 Å². The van der Waals surface area contributed by atoms with Crippen molar-refractivity contribution in [1.29, 1.82) is 0 Å². The van der Waals surface area contributed by atoms with Crippen LogP contribution in [0.1, 0.15) is 12.0 Å². The molecule has 5 nitrogen and oxygen atoms in total. The normalized spacial score (nSPS) is 21.7. The van der Waals surface area contributed by atoms with Gasteiger partial charge in [-0.2, -0.15) is 0 Å². The van der Waals surface area contributed by atoms with Gasteiger partial charge in [0.05, 0.1) is 17.9 Å². The van der Waals surface area contributed by atoms with Crippen molar-refractivity contribution in [2.24, 2.45) is 0 Å². The number of carboxylic acid groups (broad SMARTS) is 1. The van der Waals surface area contributed by atoms with Crippen LogP contribution in [0.25, 0.3) is 0 Å². The number of sulfone groups is 1. The van der Waals surface area contributed by atoms with Gasteiger partial charge in [0, 0.05) is 5.56 Å². The van der Waals surface area contributed by atoms with Crippen LogP contribution in [0.3, 0.4) is 0 Å². The van der Waals surface area contributed by atoms with Gasteiger partial charge in [0.1, 0.15) is 11.9 Å². The Bertz CT molecular complexity index is 549. The third-order valence-corrected chi connectivity index (χ3v) is 4.54. The average molecular weight is 270 g/mol. The molecule has 18 heavy (non-hydrogen) atoms. The first kappa shape index (κ1) is 12.9. The summed E-state index contributed by atoms with van der Waals surface area (Å²) in [5.41, 5.74) is 0.564. The van der Waals surface area contributed by atoms with E-state index in [9.17, 15) is 13.2 Å². The molecule has 0 saturated carbocycles. The van der Waals surface area contributed by atoms with Crippen molar-refractivity contribution in [2.75, 3.05) is 11.5 Å². The van der Waals surface area contributed by atoms with Gasteiger partial charge in [-0.25, -0.2) is 8.42 Å². The van der Waals surface area contributed by atoms with Crippen LogP contribution in [-0.2, 0) is 21.1 Å². The van der Waals surface area contributed by atoms with E-state index in [1.165, 1.54) is 0 Å². The van der Waals surface area contributed by atoms with E-state index in [4.69, 9.17) is 9.84 Å². The standard InChI is InChI=1S/C12H14O5S/c13-12(14)7-9-3-1-2-4-11(9)17-10-5-6-18(15,16)8-10/h1-4,10H,5-8H2,(H,13,14). The highest BCUT2D eigenvalue weighted by molar-refractivity contribution is 7.91. The Labute approximate surface area is 105 Å². The van der Waals surface area contributed by atoms with Gasteiger partial charge in [0.2, 0.25) is 0 Å². The zero-order valence-electron chi connectivity index (χ0n) is 9.70. The molecule has 1 aromatic rings. The Balaban J connectivity index is 2.12. The molecule has 1 atom stereocenters. The molecule has 6 heteroatoms. The summed E-state index contributed by atoms with van der Waals surface area (Å²) in [4.78, 5) is 10.7. The maximum atomic E-state index is 11.3. The molecular formula is C12H14O5S. The third kappa shape index (κ3) is 3.22. The summed E-state index contributed by atoms with van der Waals surface area (Å²) in [6.45, 7) is 0. The zero-order chi connectivity index (χ0) is 13.2. The van der Waals surface area contributed by atoms with Crippen LogP contribution in [0.5, 0.6) is 5.75 Å². The highest BCUT2D eigenvalue weighted by Crippen LogP contribution is 2.23. The Morgan fingerprint density at radius 2 is 2.11 bits per heavy atom. The minimum Gasteiger partial charge on any atom is -0.489 e. The molecule has 1 N–H and O–H groups in total. The number of aliphatic carboxylic acids is 1. The Kier molecular flexibility index (Phi) is 3.56. The molecule has 1 unspecified atom stereocenters. The predicted molar refractivity (Wildman–Crippen MR) is 65.5 cm³/mol. The number of hydrogen-bond acceptors (Lipinski definition) is 4. The van der Waals surface area contributed by atoms with Gasteiger partial charge in [-0.15, -0.1) is 0 Å². The fourth-order valence-corrected chi connectivity index (χ4v) is 3.55. The molecular weight excluding hydrogens is 256 g/mol. The van der Waals surface area contributed by atoms with Crippen LogP contribution in [-0.4, -0.2) is 37.1 Å². The summed E-state index contributed by atoms with van der Waals surface area (Å²) in [6, 6.07) is 6.82. The number of benzene rings is 1. The minimum absolute atomic E-state index is 0.00834. The van der Waals surface area contributed by atoms with Gasteiger partial charge in [-0.3, -0.25) is 4.79 Å². The molecule has 1 heterocycles. The molecule has 0 bridgehead atoms.